The fraction of sp³-hybridized carbons (Fsp3) is 0.364. The van der Waals surface area contributed by atoms with E-state index >= 15 is 0 Å². The topological polar surface area (TPSA) is 143 Å². The summed E-state index contributed by atoms with van der Waals surface area (Å²) in [4.78, 5) is 32.0. The van der Waals surface area contributed by atoms with E-state index in [1.165, 1.54) is 18.2 Å². The summed E-state index contributed by atoms with van der Waals surface area (Å²) in [6.07, 6.45) is 1.68. The Morgan fingerprint density at radius 2 is 2.09 bits per heavy atom. The Morgan fingerprint density at radius 3 is 2.70 bits per heavy atom. The molecule has 0 fully saturated rings. The molecule has 33 heavy (non-hydrogen) atoms. The van der Waals surface area contributed by atoms with Gasteiger partial charge in [0, 0.05) is 5.27 Å². The summed E-state index contributed by atoms with van der Waals surface area (Å²) >= 11 is 0. The monoisotopic (exact) mass is 452 g/mol. The summed E-state index contributed by atoms with van der Waals surface area (Å²) in [5.74, 6) is -0.601. The maximum absolute atomic E-state index is 13.4. The van der Waals surface area contributed by atoms with Crippen LogP contribution in [-0.2, 0) is 14.3 Å². The van der Waals surface area contributed by atoms with E-state index in [4.69, 9.17) is 19.3 Å². The number of aromatic nitrogens is 2. The van der Waals surface area contributed by atoms with Crippen LogP contribution in [-0.4, -0.2) is 47.0 Å². The molecule has 1 aromatic carbocycles. The van der Waals surface area contributed by atoms with Gasteiger partial charge >= 0.3 is 18.0 Å². The number of carbonyl (C=O) groups excluding carboxylic acids is 2. The van der Waals surface area contributed by atoms with Gasteiger partial charge in [-0.2, -0.15) is 5.26 Å². The first-order chi connectivity index (χ1) is 16.0. The van der Waals surface area contributed by atoms with E-state index < -0.39 is 18.0 Å². The van der Waals surface area contributed by atoms with Crippen molar-refractivity contribution < 1.29 is 23.6 Å². The van der Waals surface area contributed by atoms with Crippen molar-refractivity contribution in [2.24, 2.45) is 4.99 Å². The minimum Gasteiger partial charge on any atom is -0.468 e. The number of aliphatic imine (C=N–C) groups is 1. The van der Waals surface area contributed by atoms with Gasteiger partial charge in [-0.1, -0.05) is 37.3 Å². The lowest BCUT2D eigenvalue weighted by Gasteiger charge is -2.34. The molecule has 0 radical (unpaired) electrons. The van der Waals surface area contributed by atoms with Gasteiger partial charge in [-0.25, -0.2) is 19.5 Å². The van der Waals surface area contributed by atoms with Crippen molar-refractivity contribution >= 4 is 18.0 Å². The SMILES string of the molecule is CCC1=C(C(=O)OCCC#N)C(c2cnno2)N(C(=O)NC(C)c2ccccc2)C(OC)=N1. The van der Waals surface area contributed by atoms with E-state index in [9.17, 15) is 9.59 Å². The molecule has 2 heterocycles. The molecule has 1 aliphatic heterocycles. The van der Waals surface area contributed by atoms with Gasteiger partial charge in [-0.15, -0.1) is 5.10 Å². The Bertz CT molecular complexity index is 1070. The second kappa shape index (κ2) is 10.9. The maximum atomic E-state index is 13.4. The number of urea groups is 1. The average molecular weight is 452 g/mol. The van der Waals surface area contributed by atoms with Crippen LogP contribution < -0.4 is 5.32 Å². The number of nitrogens with one attached hydrogen (secondary N) is 1. The van der Waals surface area contributed by atoms with Crippen LogP contribution in [0.2, 0.25) is 0 Å². The number of hydrogen-bond donors (Lipinski definition) is 1. The molecule has 0 saturated carbocycles. The Balaban J connectivity index is 2.01. The van der Waals surface area contributed by atoms with Gasteiger partial charge in [0.1, 0.15) is 12.6 Å². The number of carbonyl (C=O) groups is 2. The first kappa shape index (κ1) is 23.5. The van der Waals surface area contributed by atoms with Gasteiger partial charge in [0.15, 0.2) is 5.76 Å². The van der Waals surface area contributed by atoms with E-state index in [1.54, 1.807) is 6.92 Å². The number of esters is 1. The first-order valence-corrected chi connectivity index (χ1v) is 10.3. The van der Waals surface area contributed by atoms with Crippen molar-refractivity contribution in [3.63, 3.8) is 0 Å². The zero-order valence-corrected chi connectivity index (χ0v) is 18.5. The number of rotatable bonds is 7. The van der Waals surface area contributed by atoms with E-state index in [1.807, 2.05) is 43.3 Å². The van der Waals surface area contributed by atoms with E-state index in [0.29, 0.717) is 12.1 Å². The molecule has 2 unspecified atom stereocenters. The van der Waals surface area contributed by atoms with Crippen molar-refractivity contribution in [2.75, 3.05) is 13.7 Å². The minimum atomic E-state index is -1.08. The number of amidine groups is 1. The number of amides is 2. The molecule has 11 heteroatoms. The minimum absolute atomic E-state index is 0.0282. The molecule has 1 aromatic heterocycles. The van der Waals surface area contributed by atoms with Gasteiger partial charge in [0.05, 0.1) is 43.1 Å². The highest BCUT2D eigenvalue weighted by Crippen LogP contribution is 2.37. The van der Waals surface area contributed by atoms with Gasteiger partial charge in [0.25, 0.3) is 0 Å². The highest BCUT2D eigenvalue weighted by molar-refractivity contribution is 6.00. The number of nitrogens with zero attached hydrogens (tertiary/aromatic N) is 5. The standard InChI is InChI=1S/C22H24N6O5/c1-4-16-18(20(29)32-12-8-11-23)19(17-13-24-27-33-17)28(22(26-16)31-3)21(30)25-14(2)15-9-6-5-7-10-15/h5-7,9-10,13-14,19H,4,8,12H2,1-3H3,(H,25,30). The van der Waals surface area contributed by atoms with Crippen LogP contribution in [0.1, 0.15) is 50.1 Å². The number of ether oxygens (including phenoxy) is 2. The third-order valence-corrected chi connectivity index (χ3v) is 4.97. The molecule has 0 aliphatic carbocycles. The highest BCUT2D eigenvalue weighted by atomic mass is 16.5. The van der Waals surface area contributed by atoms with Crippen LogP contribution in [0.3, 0.4) is 0 Å². The van der Waals surface area contributed by atoms with Gasteiger partial charge < -0.3 is 19.3 Å². The normalized spacial score (nSPS) is 16.5. The van der Waals surface area contributed by atoms with Crippen LogP contribution >= 0.6 is 0 Å². The molecule has 3 rings (SSSR count). The number of methoxy groups -OCH3 is 1. The molecule has 2 amide bonds. The molecule has 0 bridgehead atoms. The molecule has 2 atom stereocenters. The quantitative estimate of drug-likeness (QED) is 0.499. The fourth-order valence-corrected chi connectivity index (χ4v) is 3.39. The van der Waals surface area contributed by atoms with E-state index in [2.05, 4.69) is 20.7 Å². The number of benzene rings is 1. The third kappa shape index (κ3) is 5.17. The van der Waals surface area contributed by atoms with Crippen LogP contribution in [0.25, 0.3) is 0 Å². The summed E-state index contributed by atoms with van der Waals surface area (Å²) in [5, 5.41) is 18.8. The Morgan fingerprint density at radius 1 is 1.33 bits per heavy atom. The maximum Gasteiger partial charge on any atom is 0.338 e. The van der Waals surface area contributed by atoms with Crippen LogP contribution in [0, 0.1) is 11.3 Å². The number of allylic oxidation sites excluding steroid dienone is 1. The van der Waals surface area contributed by atoms with Crippen molar-refractivity contribution in [1.82, 2.24) is 20.6 Å². The second-order valence-corrected chi connectivity index (χ2v) is 7.03. The molecule has 0 saturated heterocycles. The van der Waals surface area contributed by atoms with Crippen LogP contribution in [0.4, 0.5) is 4.79 Å². The predicted octanol–water partition coefficient (Wildman–Crippen LogP) is 3.02. The van der Waals surface area contributed by atoms with Crippen molar-refractivity contribution in [3.05, 3.63) is 59.1 Å². The summed E-state index contributed by atoms with van der Waals surface area (Å²) in [6.45, 7) is 3.53. The lowest BCUT2D eigenvalue weighted by atomic mass is 9.98. The van der Waals surface area contributed by atoms with E-state index in [0.717, 1.165) is 5.56 Å². The van der Waals surface area contributed by atoms with Crippen LogP contribution in [0.5, 0.6) is 0 Å². The summed E-state index contributed by atoms with van der Waals surface area (Å²) in [6, 6.07) is 9.27. The summed E-state index contributed by atoms with van der Waals surface area (Å²) in [7, 11) is 1.37. The van der Waals surface area contributed by atoms with E-state index in [-0.39, 0.29) is 36.4 Å². The predicted molar refractivity (Wildman–Crippen MR) is 115 cm³/mol. The molecule has 0 spiro atoms. The third-order valence-electron chi connectivity index (χ3n) is 4.97. The molecule has 1 N–H and O–H groups in total. The smallest absolute Gasteiger partial charge is 0.338 e. The number of nitriles is 1. The lowest BCUT2D eigenvalue weighted by molar-refractivity contribution is -0.139. The highest BCUT2D eigenvalue weighted by Gasteiger charge is 2.44. The fourth-order valence-electron chi connectivity index (χ4n) is 3.39. The molecular weight excluding hydrogens is 428 g/mol. The molecule has 1 aliphatic rings. The zero-order chi connectivity index (χ0) is 23.8. The first-order valence-electron chi connectivity index (χ1n) is 10.3. The molecular formula is C22H24N6O5. The summed E-state index contributed by atoms with van der Waals surface area (Å²) < 4.78 is 15.9. The molecule has 2 aromatic rings. The Kier molecular flexibility index (Phi) is 7.75. The number of hydrogen-bond acceptors (Lipinski definition) is 9. The lowest BCUT2D eigenvalue weighted by Crippen LogP contribution is -2.50. The average Bonchev–Trinajstić information content (AvgIpc) is 3.37. The largest absolute Gasteiger partial charge is 0.468 e. The Hall–Kier alpha value is -4.20. The Labute approximate surface area is 190 Å². The van der Waals surface area contributed by atoms with Gasteiger partial charge in [-0.3, -0.25) is 0 Å². The van der Waals surface area contributed by atoms with Crippen molar-refractivity contribution in [3.8, 4) is 6.07 Å². The van der Waals surface area contributed by atoms with Gasteiger partial charge in [0.2, 0.25) is 0 Å². The molecule has 172 valence electrons. The second-order valence-electron chi connectivity index (χ2n) is 7.03. The zero-order valence-electron chi connectivity index (χ0n) is 18.5. The van der Waals surface area contributed by atoms with Crippen LogP contribution in [0.15, 0.2) is 57.3 Å². The van der Waals surface area contributed by atoms with Crippen molar-refractivity contribution in [2.45, 2.75) is 38.8 Å². The molecule has 11 nitrogen and oxygen atoms in total. The summed E-state index contributed by atoms with van der Waals surface area (Å²) in [5.41, 5.74) is 1.32. The van der Waals surface area contributed by atoms with Gasteiger partial charge in [-0.05, 0) is 18.9 Å². The van der Waals surface area contributed by atoms with Crippen molar-refractivity contribution in [1.29, 1.82) is 5.26 Å².